The van der Waals surface area contributed by atoms with Crippen molar-refractivity contribution in [3.63, 3.8) is 0 Å². The van der Waals surface area contributed by atoms with Gasteiger partial charge >= 0.3 is 0 Å². The molecule has 0 aliphatic heterocycles. The third kappa shape index (κ3) is 2.49. The quantitative estimate of drug-likeness (QED) is 0.854. The van der Waals surface area contributed by atoms with Crippen LogP contribution >= 0.6 is 0 Å². The van der Waals surface area contributed by atoms with E-state index in [2.05, 4.69) is 17.2 Å². The molecule has 0 unspecified atom stereocenters. The van der Waals surface area contributed by atoms with Crippen LogP contribution in [0.25, 0.3) is 0 Å². The van der Waals surface area contributed by atoms with Crippen molar-refractivity contribution >= 4 is 5.82 Å². The van der Waals surface area contributed by atoms with Crippen LogP contribution in [0.4, 0.5) is 14.6 Å². The molecule has 1 heterocycles. The molecule has 0 radical (unpaired) electrons. The molecule has 1 fully saturated rings. The second kappa shape index (κ2) is 4.36. The largest absolute Gasteiger partial charge is 0.367 e. The topological polar surface area (TPSA) is 24.9 Å². The second-order valence-electron chi connectivity index (χ2n) is 4.86. The highest BCUT2D eigenvalue weighted by molar-refractivity contribution is 5.36. The summed E-state index contributed by atoms with van der Waals surface area (Å²) in [4.78, 5) is 3.71. The molecule has 1 N–H and O–H groups in total. The summed E-state index contributed by atoms with van der Waals surface area (Å²) in [6.45, 7) is 2.89. The zero-order valence-electron chi connectivity index (χ0n) is 9.39. The molecule has 0 aromatic carbocycles. The molecule has 88 valence electrons. The smallest absolute Gasteiger partial charge is 0.168 e. The van der Waals surface area contributed by atoms with Crippen molar-refractivity contribution in [2.75, 3.05) is 11.9 Å². The summed E-state index contributed by atoms with van der Waals surface area (Å²) in [6.07, 6.45) is 5.81. The Labute approximate surface area is 94.1 Å². The molecule has 1 aromatic heterocycles. The predicted octanol–water partition coefficient (Wildman–Crippen LogP) is 3.35. The lowest BCUT2D eigenvalue weighted by Crippen LogP contribution is -2.23. The summed E-state index contributed by atoms with van der Waals surface area (Å²) in [5.41, 5.74) is 0.225. The molecule has 4 heteroatoms. The zero-order valence-corrected chi connectivity index (χ0v) is 9.39. The number of aromatic nitrogens is 1. The van der Waals surface area contributed by atoms with E-state index in [9.17, 15) is 8.78 Å². The Balaban J connectivity index is 1.99. The van der Waals surface area contributed by atoms with Gasteiger partial charge in [0, 0.05) is 12.6 Å². The van der Waals surface area contributed by atoms with Crippen LogP contribution in [0.3, 0.4) is 0 Å². The van der Waals surface area contributed by atoms with Crippen LogP contribution in [0.2, 0.25) is 0 Å². The van der Waals surface area contributed by atoms with Gasteiger partial charge in [0.2, 0.25) is 0 Å². The summed E-state index contributed by atoms with van der Waals surface area (Å²) < 4.78 is 25.9. The van der Waals surface area contributed by atoms with Crippen molar-refractivity contribution in [2.24, 2.45) is 5.41 Å². The van der Waals surface area contributed by atoms with Gasteiger partial charge in [0.1, 0.15) is 5.82 Å². The van der Waals surface area contributed by atoms with Gasteiger partial charge in [0.15, 0.2) is 11.6 Å². The van der Waals surface area contributed by atoms with Gasteiger partial charge in [-0.05, 0) is 18.3 Å². The number of nitrogens with zero attached hydrogens (tertiary/aromatic N) is 1. The van der Waals surface area contributed by atoms with Gasteiger partial charge in [-0.1, -0.05) is 19.8 Å². The van der Waals surface area contributed by atoms with Crippen LogP contribution in [0.15, 0.2) is 12.3 Å². The van der Waals surface area contributed by atoms with E-state index in [0.29, 0.717) is 6.54 Å². The summed E-state index contributed by atoms with van der Waals surface area (Å²) in [7, 11) is 0. The number of pyridine rings is 1. The van der Waals surface area contributed by atoms with Crippen LogP contribution in [0.5, 0.6) is 0 Å². The standard InChI is InChI=1S/C12H16F2N2/c1-12(4-2-3-5-12)8-16-11-10(14)6-9(13)7-15-11/h6-7H,2-5,8H2,1H3,(H,15,16). The fourth-order valence-corrected chi connectivity index (χ4v) is 2.25. The third-order valence-electron chi connectivity index (χ3n) is 3.30. The number of hydrogen-bond acceptors (Lipinski definition) is 2. The van der Waals surface area contributed by atoms with Gasteiger partial charge in [-0.3, -0.25) is 0 Å². The molecular weight excluding hydrogens is 210 g/mol. The van der Waals surface area contributed by atoms with E-state index < -0.39 is 11.6 Å². The summed E-state index contributed by atoms with van der Waals surface area (Å²) in [5, 5.41) is 2.97. The number of hydrogen-bond donors (Lipinski definition) is 1. The molecule has 0 bridgehead atoms. The number of halogens is 2. The maximum absolute atomic E-state index is 13.3. The lowest BCUT2D eigenvalue weighted by molar-refractivity contribution is 0.361. The predicted molar refractivity (Wildman–Crippen MR) is 59.2 cm³/mol. The van der Waals surface area contributed by atoms with Gasteiger partial charge in [-0.2, -0.15) is 0 Å². The first-order valence-electron chi connectivity index (χ1n) is 5.64. The first-order valence-corrected chi connectivity index (χ1v) is 5.64. The van der Waals surface area contributed by atoms with Crippen LogP contribution in [0, 0.1) is 17.0 Å². The molecule has 1 aliphatic carbocycles. The van der Waals surface area contributed by atoms with Crippen molar-refractivity contribution < 1.29 is 8.78 Å². The Hall–Kier alpha value is -1.19. The van der Waals surface area contributed by atoms with E-state index in [4.69, 9.17) is 0 Å². The summed E-state index contributed by atoms with van der Waals surface area (Å²) in [5.74, 6) is -1.12. The van der Waals surface area contributed by atoms with Crippen LogP contribution in [0.1, 0.15) is 32.6 Å². The van der Waals surface area contributed by atoms with Gasteiger partial charge in [0.05, 0.1) is 6.20 Å². The Bertz CT molecular complexity index is 373. The molecule has 2 rings (SSSR count). The van der Waals surface area contributed by atoms with Crippen molar-refractivity contribution in [2.45, 2.75) is 32.6 Å². The molecular formula is C12H16F2N2. The first kappa shape index (κ1) is 11.3. The average molecular weight is 226 g/mol. The average Bonchev–Trinajstić information content (AvgIpc) is 2.64. The Kier molecular flexibility index (Phi) is 3.08. The van der Waals surface area contributed by atoms with Gasteiger partial charge < -0.3 is 5.32 Å². The monoisotopic (exact) mass is 226 g/mol. The summed E-state index contributed by atoms with van der Waals surface area (Å²) in [6, 6.07) is 0.853. The lowest BCUT2D eigenvalue weighted by atomic mass is 9.89. The van der Waals surface area contributed by atoms with Gasteiger partial charge in [-0.15, -0.1) is 0 Å². The molecule has 16 heavy (non-hydrogen) atoms. The minimum Gasteiger partial charge on any atom is -0.367 e. The van der Waals surface area contributed by atoms with Crippen molar-refractivity contribution in [1.29, 1.82) is 0 Å². The highest BCUT2D eigenvalue weighted by atomic mass is 19.1. The number of nitrogens with one attached hydrogen (secondary N) is 1. The van der Waals surface area contributed by atoms with Crippen LogP contribution in [-0.4, -0.2) is 11.5 Å². The second-order valence-corrected chi connectivity index (χ2v) is 4.86. The van der Waals surface area contributed by atoms with Crippen LogP contribution in [-0.2, 0) is 0 Å². The van der Waals surface area contributed by atoms with Gasteiger partial charge in [0.25, 0.3) is 0 Å². The SMILES string of the molecule is CC1(CNc2ncc(F)cc2F)CCCC1. The van der Waals surface area contributed by atoms with Crippen molar-refractivity contribution in [3.05, 3.63) is 23.9 Å². The highest BCUT2D eigenvalue weighted by Gasteiger charge is 2.28. The minimum absolute atomic E-state index is 0.148. The zero-order chi connectivity index (χ0) is 11.6. The molecule has 0 spiro atoms. The Morgan fingerprint density at radius 1 is 1.38 bits per heavy atom. The van der Waals surface area contributed by atoms with E-state index in [-0.39, 0.29) is 11.2 Å². The summed E-state index contributed by atoms with van der Waals surface area (Å²) >= 11 is 0. The molecule has 1 aromatic rings. The maximum Gasteiger partial charge on any atom is 0.168 e. The van der Waals surface area contributed by atoms with Crippen LogP contribution < -0.4 is 5.32 Å². The normalized spacial score (nSPS) is 18.7. The van der Waals surface area contributed by atoms with Gasteiger partial charge in [-0.25, -0.2) is 13.8 Å². The highest BCUT2D eigenvalue weighted by Crippen LogP contribution is 2.37. The van der Waals surface area contributed by atoms with E-state index >= 15 is 0 Å². The van der Waals surface area contributed by atoms with Crippen molar-refractivity contribution in [3.8, 4) is 0 Å². The maximum atomic E-state index is 13.3. The molecule has 1 aliphatic rings. The molecule has 0 saturated heterocycles. The fourth-order valence-electron chi connectivity index (χ4n) is 2.25. The lowest BCUT2D eigenvalue weighted by Gasteiger charge is -2.24. The molecule has 2 nitrogen and oxygen atoms in total. The van der Waals surface area contributed by atoms with E-state index in [1.807, 2.05) is 0 Å². The van der Waals surface area contributed by atoms with E-state index in [1.54, 1.807) is 0 Å². The fraction of sp³-hybridized carbons (Fsp3) is 0.583. The van der Waals surface area contributed by atoms with E-state index in [1.165, 1.54) is 12.8 Å². The van der Waals surface area contributed by atoms with E-state index in [0.717, 1.165) is 25.1 Å². The molecule has 0 atom stereocenters. The first-order chi connectivity index (χ1) is 7.59. The minimum atomic E-state index is -0.643. The third-order valence-corrected chi connectivity index (χ3v) is 3.30. The Morgan fingerprint density at radius 3 is 2.69 bits per heavy atom. The number of anilines is 1. The van der Waals surface area contributed by atoms with Crippen molar-refractivity contribution in [1.82, 2.24) is 4.98 Å². The number of rotatable bonds is 3. The Morgan fingerprint density at radius 2 is 2.06 bits per heavy atom. The molecule has 1 saturated carbocycles. The molecule has 0 amide bonds.